The van der Waals surface area contributed by atoms with Crippen LogP contribution < -0.4 is 11.1 Å². The fraction of sp³-hybridized carbons (Fsp3) is 0.412. The van der Waals surface area contributed by atoms with Crippen LogP contribution in [0, 0.1) is 5.41 Å². The summed E-state index contributed by atoms with van der Waals surface area (Å²) >= 11 is 0. The number of nitrogens with zero attached hydrogens (tertiary/aromatic N) is 1. The van der Waals surface area contributed by atoms with Crippen molar-refractivity contribution in [1.82, 2.24) is 10.3 Å². The van der Waals surface area contributed by atoms with E-state index in [1.165, 1.54) is 0 Å². The maximum atomic E-state index is 12.5. The number of rotatable bonds is 6. The Hall–Kier alpha value is -1.94. The Morgan fingerprint density at radius 3 is 2.67 bits per heavy atom. The third-order valence-electron chi connectivity index (χ3n) is 4.45. The molecule has 3 N–H and O–H groups in total. The van der Waals surface area contributed by atoms with Crippen molar-refractivity contribution in [2.24, 2.45) is 11.1 Å². The number of fused-ring (bicyclic) bond motifs is 1. The van der Waals surface area contributed by atoms with Crippen molar-refractivity contribution in [3.8, 4) is 0 Å². The molecule has 21 heavy (non-hydrogen) atoms. The van der Waals surface area contributed by atoms with Crippen LogP contribution in [-0.4, -0.2) is 24.0 Å². The van der Waals surface area contributed by atoms with Crippen molar-refractivity contribution in [3.05, 3.63) is 42.1 Å². The van der Waals surface area contributed by atoms with E-state index in [4.69, 9.17) is 5.73 Å². The lowest BCUT2D eigenvalue weighted by molar-refractivity contribution is 0.0929. The fourth-order valence-corrected chi connectivity index (χ4v) is 2.53. The monoisotopic (exact) mass is 285 g/mol. The summed E-state index contributed by atoms with van der Waals surface area (Å²) in [4.78, 5) is 16.8. The average molecular weight is 285 g/mol. The molecule has 2 aromatic rings. The Morgan fingerprint density at radius 1 is 1.24 bits per heavy atom. The second-order valence-electron chi connectivity index (χ2n) is 5.47. The smallest absolute Gasteiger partial charge is 0.251 e. The number of amides is 1. The first-order valence-electron chi connectivity index (χ1n) is 7.48. The number of hydrogen-bond donors (Lipinski definition) is 2. The number of nitrogens with two attached hydrogens (primary N) is 1. The molecule has 112 valence electrons. The van der Waals surface area contributed by atoms with Crippen LogP contribution >= 0.6 is 0 Å². The zero-order valence-corrected chi connectivity index (χ0v) is 12.7. The Labute approximate surface area is 125 Å². The molecule has 1 aromatic carbocycles. The van der Waals surface area contributed by atoms with Crippen LogP contribution in [0.2, 0.25) is 0 Å². The van der Waals surface area contributed by atoms with Crippen LogP contribution in [0.3, 0.4) is 0 Å². The molecular weight excluding hydrogens is 262 g/mol. The first-order valence-corrected chi connectivity index (χ1v) is 7.48. The lowest BCUT2D eigenvalue weighted by Crippen LogP contribution is -2.41. The summed E-state index contributed by atoms with van der Waals surface area (Å²) in [6.45, 7) is 5.41. The molecule has 0 spiro atoms. The summed E-state index contributed by atoms with van der Waals surface area (Å²) < 4.78 is 0. The van der Waals surface area contributed by atoms with E-state index >= 15 is 0 Å². The molecule has 4 nitrogen and oxygen atoms in total. The molecule has 0 aliphatic carbocycles. The first-order chi connectivity index (χ1) is 10.2. The molecule has 0 fully saturated rings. The Balaban J connectivity index is 2.20. The quantitative estimate of drug-likeness (QED) is 0.857. The van der Waals surface area contributed by atoms with E-state index in [1.807, 2.05) is 30.3 Å². The molecule has 0 saturated heterocycles. The van der Waals surface area contributed by atoms with E-state index in [0.717, 1.165) is 23.7 Å². The van der Waals surface area contributed by atoms with Gasteiger partial charge in [-0.2, -0.15) is 0 Å². The second kappa shape index (κ2) is 6.68. The highest BCUT2D eigenvalue weighted by Crippen LogP contribution is 2.24. The summed E-state index contributed by atoms with van der Waals surface area (Å²) in [6, 6.07) is 9.38. The number of pyridine rings is 1. The minimum atomic E-state index is -0.0617. The van der Waals surface area contributed by atoms with E-state index in [9.17, 15) is 4.79 Å². The Morgan fingerprint density at radius 2 is 2.00 bits per heavy atom. The van der Waals surface area contributed by atoms with Gasteiger partial charge in [0.15, 0.2) is 0 Å². The number of aromatic nitrogens is 1. The predicted octanol–water partition coefficient (Wildman–Crippen LogP) is 2.73. The third kappa shape index (κ3) is 3.22. The van der Waals surface area contributed by atoms with Gasteiger partial charge in [-0.25, -0.2) is 0 Å². The van der Waals surface area contributed by atoms with Gasteiger partial charge in [0.1, 0.15) is 0 Å². The predicted molar refractivity (Wildman–Crippen MR) is 86.1 cm³/mol. The van der Waals surface area contributed by atoms with E-state index in [1.54, 1.807) is 6.20 Å². The molecule has 1 heterocycles. The molecular formula is C17H23N3O. The van der Waals surface area contributed by atoms with Gasteiger partial charge in [-0.15, -0.1) is 0 Å². The van der Waals surface area contributed by atoms with Crippen molar-refractivity contribution in [3.63, 3.8) is 0 Å². The maximum Gasteiger partial charge on any atom is 0.251 e. The minimum absolute atomic E-state index is 0.0154. The highest BCUT2D eigenvalue weighted by Gasteiger charge is 2.25. The SMILES string of the molecule is CCC(CC)(CN)CNC(=O)c1cccc2ncccc12. The van der Waals surface area contributed by atoms with Gasteiger partial charge in [-0.1, -0.05) is 26.0 Å². The van der Waals surface area contributed by atoms with E-state index in [2.05, 4.69) is 24.1 Å². The highest BCUT2D eigenvalue weighted by molar-refractivity contribution is 6.06. The number of benzene rings is 1. The molecule has 1 aromatic heterocycles. The van der Waals surface area contributed by atoms with Gasteiger partial charge in [0.05, 0.1) is 5.52 Å². The van der Waals surface area contributed by atoms with Crippen LogP contribution in [0.15, 0.2) is 36.5 Å². The summed E-state index contributed by atoms with van der Waals surface area (Å²) in [5, 5.41) is 3.92. The zero-order valence-electron chi connectivity index (χ0n) is 12.7. The van der Waals surface area contributed by atoms with Gasteiger partial charge in [-0.05, 0) is 43.0 Å². The summed E-state index contributed by atoms with van der Waals surface area (Å²) in [5.74, 6) is -0.0617. The number of nitrogens with one attached hydrogen (secondary N) is 1. The van der Waals surface area contributed by atoms with E-state index in [0.29, 0.717) is 18.7 Å². The van der Waals surface area contributed by atoms with E-state index < -0.39 is 0 Å². The minimum Gasteiger partial charge on any atom is -0.351 e. The lowest BCUT2D eigenvalue weighted by atomic mass is 9.82. The average Bonchev–Trinajstić information content (AvgIpc) is 2.56. The molecule has 0 aliphatic rings. The van der Waals surface area contributed by atoms with Gasteiger partial charge < -0.3 is 11.1 Å². The number of hydrogen-bond acceptors (Lipinski definition) is 3. The Kier molecular flexibility index (Phi) is 4.91. The molecule has 0 aliphatic heterocycles. The lowest BCUT2D eigenvalue weighted by Gasteiger charge is -2.30. The molecule has 1 amide bonds. The number of carbonyl (C=O) groups excluding carboxylic acids is 1. The van der Waals surface area contributed by atoms with E-state index in [-0.39, 0.29) is 11.3 Å². The molecule has 0 saturated carbocycles. The first kappa shape index (κ1) is 15.4. The van der Waals surface area contributed by atoms with Gasteiger partial charge in [-0.3, -0.25) is 9.78 Å². The van der Waals surface area contributed by atoms with Gasteiger partial charge in [0, 0.05) is 23.7 Å². The van der Waals surface area contributed by atoms with Crippen LogP contribution in [0.5, 0.6) is 0 Å². The van der Waals surface area contributed by atoms with Crippen LogP contribution in [-0.2, 0) is 0 Å². The molecule has 0 bridgehead atoms. The molecule has 0 radical (unpaired) electrons. The summed E-state index contributed by atoms with van der Waals surface area (Å²) in [6.07, 6.45) is 3.65. The summed E-state index contributed by atoms with van der Waals surface area (Å²) in [7, 11) is 0. The standard InChI is InChI=1S/C17H23N3O/c1-3-17(4-2,11-18)12-20-16(21)14-7-5-9-15-13(14)8-6-10-19-15/h5-10H,3-4,11-12,18H2,1-2H3,(H,20,21). The van der Waals surface area contributed by atoms with Crippen LogP contribution in [0.4, 0.5) is 0 Å². The van der Waals surface area contributed by atoms with Crippen molar-refractivity contribution < 1.29 is 4.79 Å². The molecule has 0 unspecified atom stereocenters. The largest absolute Gasteiger partial charge is 0.351 e. The van der Waals surface area contributed by atoms with Crippen molar-refractivity contribution in [2.45, 2.75) is 26.7 Å². The summed E-state index contributed by atoms with van der Waals surface area (Å²) in [5.41, 5.74) is 7.37. The molecule has 4 heteroatoms. The normalized spacial score (nSPS) is 11.6. The van der Waals surface area contributed by atoms with Crippen molar-refractivity contribution >= 4 is 16.8 Å². The Bertz CT molecular complexity index is 607. The van der Waals surface area contributed by atoms with Gasteiger partial charge in [0.2, 0.25) is 0 Å². The fourth-order valence-electron chi connectivity index (χ4n) is 2.53. The third-order valence-corrected chi connectivity index (χ3v) is 4.45. The second-order valence-corrected chi connectivity index (χ2v) is 5.47. The zero-order chi connectivity index (χ0) is 15.3. The molecule has 0 atom stereocenters. The van der Waals surface area contributed by atoms with Gasteiger partial charge >= 0.3 is 0 Å². The van der Waals surface area contributed by atoms with Crippen molar-refractivity contribution in [2.75, 3.05) is 13.1 Å². The highest BCUT2D eigenvalue weighted by atomic mass is 16.1. The number of carbonyl (C=O) groups is 1. The molecule has 2 rings (SSSR count). The van der Waals surface area contributed by atoms with Crippen LogP contribution in [0.25, 0.3) is 10.9 Å². The van der Waals surface area contributed by atoms with Gasteiger partial charge in [0.25, 0.3) is 5.91 Å². The topological polar surface area (TPSA) is 68.0 Å². The van der Waals surface area contributed by atoms with Crippen LogP contribution in [0.1, 0.15) is 37.0 Å². The maximum absolute atomic E-state index is 12.5. The van der Waals surface area contributed by atoms with Crippen molar-refractivity contribution in [1.29, 1.82) is 0 Å².